The molecule has 2 aliphatic rings. The molecule has 104 valence electrons. The summed E-state index contributed by atoms with van der Waals surface area (Å²) in [5, 5.41) is 0.502. The largest absolute Gasteiger partial charge is 0.382 e. The molecule has 2 N–H and O–H groups in total. The van der Waals surface area contributed by atoms with E-state index in [1.807, 2.05) is 0 Å². The zero-order chi connectivity index (χ0) is 13.3. The van der Waals surface area contributed by atoms with Crippen LogP contribution in [-0.2, 0) is 0 Å². The lowest BCUT2D eigenvalue weighted by Gasteiger charge is -2.44. The van der Waals surface area contributed by atoms with Crippen LogP contribution < -0.4 is 10.6 Å². The highest BCUT2D eigenvalue weighted by Crippen LogP contribution is 2.45. The van der Waals surface area contributed by atoms with E-state index in [9.17, 15) is 0 Å². The number of rotatable bonds is 1. The van der Waals surface area contributed by atoms with Crippen LogP contribution in [0.2, 0.25) is 5.02 Å². The number of piperidine rings is 1. The van der Waals surface area contributed by atoms with Gasteiger partial charge >= 0.3 is 0 Å². The topological polar surface area (TPSA) is 55.0 Å². The van der Waals surface area contributed by atoms with E-state index in [0.717, 1.165) is 18.9 Å². The molecule has 0 aromatic carbocycles. The molecule has 1 spiro atoms. The molecule has 0 unspecified atom stereocenters. The maximum atomic E-state index is 6.21. The molecule has 0 bridgehead atoms. The van der Waals surface area contributed by atoms with Crippen molar-refractivity contribution in [3.8, 4) is 0 Å². The smallest absolute Gasteiger partial charge is 0.153 e. The summed E-state index contributed by atoms with van der Waals surface area (Å²) >= 11 is 6.21. The van der Waals surface area contributed by atoms with E-state index in [2.05, 4.69) is 14.9 Å². The molecule has 4 nitrogen and oxygen atoms in total. The summed E-state index contributed by atoms with van der Waals surface area (Å²) < 4.78 is 0. The Hall–Kier alpha value is -1.03. The summed E-state index contributed by atoms with van der Waals surface area (Å²) in [4.78, 5) is 10.5. The molecule has 2 fully saturated rings. The van der Waals surface area contributed by atoms with Gasteiger partial charge in [-0.1, -0.05) is 30.9 Å². The van der Waals surface area contributed by atoms with E-state index in [4.69, 9.17) is 17.3 Å². The first-order valence-electron chi connectivity index (χ1n) is 7.21. The Morgan fingerprint density at radius 2 is 1.74 bits per heavy atom. The predicted molar refractivity (Wildman–Crippen MR) is 78.4 cm³/mol. The molecule has 2 heterocycles. The van der Waals surface area contributed by atoms with Crippen LogP contribution in [0.25, 0.3) is 0 Å². The molecule has 19 heavy (non-hydrogen) atoms. The van der Waals surface area contributed by atoms with Crippen molar-refractivity contribution in [3.63, 3.8) is 0 Å². The summed E-state index contributed by atoms with van der Waals surface area (Å²) in [6.07, 6.45) is 11.0. The Morgan fingerprint density at radius 1 is 1.05 bits per heavy atom. The minimum atomic E-state index is 0.379. The number of anilines is 2. The Kier molecular flexibility index (Phi) is 3.52. The molecule has 1 saturated carbocycles. The molecule has 5 heteroatoms. The molecule has 0 amide bonds. The molecule has 1 saturated heterocycles. The van der Waals surface area contributed by atoms with E-state index < -0.39 is 0 Å². The van der Waals surface area contributed by atoms with Gasteiger partial charge in [0.15, 0.2) is 5.82 Å². The monoisotopic (exact) mass is 280 g/mol. The lowest BCUT2D eigenvalue weighted by molar-refractivity contribution is 0.144. The predicted octanol–water partition coefficient (Wildman–Crippen LogP) is 3.26. The van der Waals surface area contributed by atoms with Gasteiger partial charge in [-0.2, -0.15) is 0 Å². The molecule has 1 aromatic rings. The van der Waals surface area contributed by atoms with Crippen LogP contribution in [0.15, 0.2) is 6.33 Å². The van der Waals surface area contributed by atoms with Gasteiger partial charge in [-0.15, -0.1) is 0 Å². The maximum Gasteiger partial charge on any atom is 0.153 e. The minimum Gasteiger partial charge on any atom is -0.382 e. The summed E-state index contributed by atoms with van der Waals surface area (Å²) in [7, 11) is 0. The lowest BCUT2D eigenvalue weighted by atomic mass is 9.68. The number of nitrogens with zero attached hydrogens (tertiary/aromatic N) is 3. The highest BCUT2D eigenvalue weighted by Gasteiger charge is 2.36. The maximum absolute atomic E-state index is 6.21. The number of halogens is 1. The molecular weight excluding hydrogens is 260 g/mol. The summed E-state index contributed by atoms with van der Waals surface area (Å²) in [6, 6.07) is 0. The summed E-state index contributed by atoms with van der Waals surface area (Å²) in [6.45, 7) is 2.08. The average molecular weight is 281 g/mol. The zero-order valence-corrected chi connectivity index (χ0v) is 12.0. The third kappa shape index (κ3) is 2.50. The first kappa shape index (κ1) is 13.0. The van der Waals surface area contributed by atoms with Gasteiger partial charge in [0.25, 0.3) is 0 Å². The zero-order valence-electron chi connectivity index (χ0n) is 11.2. The van der Waals surface area contributed by atoms with E-state index in [0.29, 0.717) is 16.3 Å². The van der Waals surface area contributed by atoms with E-state index in [1.165, 1.54) is 51.3 Å². The first-order valence-corrected chi connectivity index (χ1v) is 7.59. The van der Waals surface area contributed by atoms with Crippen molar-refractivity contribution in [2.24, 2.45) is 5.41 Å². The van der Waals surface area contributed by atoms with E-state index >= 15 is 0 Å². The van der Waals surface area contributed by atoms with Crippen LogP contribution in [-0.4, -0.2) is 23.1 Å². The van der Waals surface area contributed by atoms with E-state index in [1.54, 1.807) is 0 Å². The molecule has 0 radical (unpaired) electrons. The van der Waals surface area contributed by atoms with Crippen molar-refractivity contribution in [3.05, 3.63) is 11.3 Å². The van der Waals surface area contributed by atoms with Gasteiger partial charge in [-0.25, -0.2) is 9.97 Å². The van der Waals surface area contributed by atoms with Crippen LogP contribution in [0, 0.1) is 5.41 Å². The highest BCUT2D eigenvalue weighted by atomic mass is 35.5. The van der Waals surface area contributed by atoms with Crippen molar-refractivity contribution in [1.82, 2.24) is 9.97 Å². The highest BCUT2D eigenvalue weighted by molar-refractivity contribution is 6.35. The number of hydrogen-bond donors (Lipinski definition) is 1. The Bertz CT molecular complexity index is 447. The number of aromatic nitrogens is 2. The molecule has 3 rings (SSSR count). The van der Waals surface area contributed by atoms with Gasteiger partial charge in [-0.3, -0.25) is 0 Å². The second kappa shape index (κ2) is 5.16. The Morgan fingerprint density at radius 3 is 2.42 bits per heavy atom. The van der Waals surface area contributed by atoms with Gasteiger partial charge in [0.05, 0.1) is 0 Å². The van der Waals surface area contributed by atoms with Gasteiger partial charge in [-0.05, 0) is 31.1 Å². The number of nitrogens with two attached hydrogens (primary N) is 1. The third-order valence-electron chi connectivity index (χ3n) is 4.84. The van der Waals surface area contributed by atoms with Crippen LogP contribution >= 0.6 is 11.6 Å². The third-order valence-corrected chi connectivity index (χ3v) is 5.20. The summed E-state index contributed by atoms with van der Waals surface area (Å²) in [5.41, 5.74) is 6.35. The van der Waals surface area contributed by atoms with Gasteiger partial charge in [0.2, 0.25) is 0 Å². The summed E-state index contributed by atoms with van der Waals surface area (Å²) in [5.74, 6) is 1.18. The second-order valence-electron chi connectivity index (χ2n) is 5.94. The van der Waals surface area contributed by atoms with Crippen LogP contribution in [0.5, 0.6) is 0 Å². The van der Waals surface area contributed by atoms with Gasteiger partial charge in [0, 0.05) is 13.1 Å². The first-order chi connectivity index (χ1) is 9.20. The molecule has 1 aliphatic heterocycles. The number of hydrogen-bond acceptors (Lipinski definition) is 4. The fourth-order valence-electron chi connectivity index (χ4n) is 3.59. The lowest BCUT2D eigenvalue weighted by Crippen LogP contribution is -2.41. The fraction of sp³-hybridized carbons (Fsp3) is 0.714. The van der Waals surface area contributed by atoms with Crippen molar-refractivity contribution in [2.75, 3.05) is 23.7 Å². The van der Waals surface area contributed by atoms with E-state index in [-0.39, 0.29) is 0 Å². The van der Waals surface area contributed by atoms with Crippen molar-refractivity contribution in [2.45, 2.75) is 44.9 Å². The van der Waals surface area contributed by atoms with Crippen molar-refractivity contribution in [1.29, 1.82) is 0 Å². The van der Waals surface area contributed by atoms with Crippen molar-refractivity contribution >= 4 is 23.2 Å². The average Bonchev–Trinajstić information content (AvgIpc) is 2.44. The van der Waals surface area contributed by atoms with Crippen LogP contribution in [0.1, 0.15) is 44.9 Å². The molecular formula is C14H21ClN4. The number of nitrogen functional groups attached to an aromatic ring is 1. The van der Waals surface area contributed by atoms with Crippen LogP contribution in [0.3, 0.4) is 0 Å². The molecule has 1 aromatic heterocycles. The normalized spacial score (nSPS) is 22.7. The second-order valence-corrected chi connectivity index (χ2v) is 6.32. The van der Waals surface area contributed by atoms with Gasteiger partial charge in [0.1, 0.15) is 17.2 Å². The SMILES string of the molecule is Nc1ncnc(N2CCC3(CCCCC3)CC2)c1Cl. The van der Waals surface area contributed by atoms with Crippen LogP contribution in [0.4, 0.5) is 11.6 Å². The Balaban J connectivity index is 1.71. The molecule has 1 aliphatic carbocycles. The minimum absolute atomic E-state index is 0.379. The molecule has 0 atom stereocenters. The van der Waals surface area contributed by atoms with Crippen molar-refractivity contribution < 1.29 is 0 Å². The quantitative estimate of drug-likeness (QED) is 0.858. The Labute approximate surface area is 119 Å². The van der Waals surface area contributed by atoms with Gasteiger partial charge < -0.3 is 10.6 Å². The standard InChI is InChI=1S/C14H21ClN4/c15-11-12(16)17-10-18-13(11)19-8-6-14(7-9-19)4-2-1-3-5-14/h10H,1-9H2,(H2,16,17,18). The fourth-order valence-corrected chi connectivity index (χ4v) is 3.81.